The van der Waals surface area contributed by atoms with Crippen molar-refractivity contribution in [2.24, 2.45) is 0 Å². The van der Waals surface area contributed by atoms with Crippen molar-refractivity contribution in [1.82, 2.24) is 10.2 Å². The zero-order valence-corrected chi connectivity index (χ0v) is 20.5. The zero-order valence-electron chi connectivity index (χ0n) is 19.8. The molecule has 3 amide bonds. The highest BCUT2D eigenvalue weighted by molar-refractivity contribution is 6.30. The average molecular weight is 478 g/mol. The Labute approximate surface area is 204 Å². The lowest BCUT2D eigenvalue weighted by Gasteiger charge is -2.32. The van der Waals surface area contributed by atoms with Crippen molar-refractivity contribution in [3.63, 3.8) is 0 Å². The van der Waals surface area contributed by atoms with Gasteiger partial charge in [0.05, 0.1) is 5.69 Å². The fraction of sp³-hybridized carbons (Fsp3) is 0.296. The van der Waals surface area contributed by atoms with Gasteiger partial charge in [-0.1, -0.05) is 48.0 Å². The van der Waals surface area contributed by atoms with Gasteiger partial charge in [0.2, 0.25) is 11.8 Å². The maximum atomic E-state index is 13.6. The molecule has 1 heterocycles. The number of amides is 3. The molecule has 1 aliphatic rings. The van der Waals surface area contributed by atoms with Crippen LogP contribution in [0.4, 0.5) is 5.69 Å². The summed E-state index contributed by atoms with van der Waals surface area (Å²) in [6.45, 7) is 7.40. The molecule has 1 atom stereocenters. The van der Waals surface area contributed by atoms with Crippen LogP contribution in [0.1, 0.15) is 43.6 Å². The van der Waals surface area contributed by atoms with E-state index in [2.05, 4.69) is 5.32 Å². The van der Waals surface area contributed by atoms with Crippen LogP contribution in [0, 0.1) is 0 Å². The summed E-state index contributed by atoms with van der Waals surface area (Å²) in [4.78, 5) is 42.8. The third-order valence-electron chi connectivity index (χ3n) is 5.85. The van der Waals surface area contributed by atoms with Gasteiger partial charge >= 0.3 is 0 Å². The van der Waals surface area contributed by atoms with Crippen LogP contribution in [0.25, 0.3) is 10.8 Å². The number of halogens is 1. The number of nitrogens with one attached hydrogen (secondary N) is 1. The topological polar surface area (TPSA) is 69.7 Å². The minimum Gasteiger partial charge on any atom is -0.350 e. The van der Waals surface area contributed by atoms with Crippen molar-refractivity contribution in [2.75, 3.05) is 11.4 Å². The van der Waals surface area contributed by atoms with Crippen LogP contribution in [0.15, 0.2) is 60.7 Å². The predicted octanol–water partition coefficient (Wildman–Crippen LogP) is 4.79. The first kappa shape index (κ1) is 23.8. The molecule has 0 spiro atoms. The smallest absolute Gasteiger partial charge is 0.259 e. The number of hydrogen-bond acceptors (Lipinski definition) is 3. The number of hydrogen-bond donors (Lipinski definition) is 1. The monoisotopic (exact) mass is 477 g/mol. The number of anilines is 1. The molecule has 0 fully saturated rings. The number of carbonyl (C=O) groups is 3. The molecule has 3 aromatic rings. The minimum atomic E-state index is -0.749. The molecule has 6 nitrogen and oxygen atoms in total. The van der Waals surface area contributed by atoms with Crippen molar-refractivity contribution in [1.29, 1.82) is 0 Å². The largest absolute Gasteiger partial charge is 0.350 e. The van der Waals surface area contributed by atoms with Gasteiger partial charge in [-0.05, 0) is 62.9 Å². The number of rotatable bonds is 6. The highest BCUT2D eigenvalue weighted by Crippen LogP contribution is 2.37. The molecule has 0 aliphatic carbocycles. The quantitative estimate of drug-likeness (QED) is 0.555. The Balaban J connectivity index is 1.63. The molecule has 0 aromatic heterocycles. The summed E-state index contributed by atoms with van der Waals surface area (Å²) in [7, 11) is 0. The van der Waals surface area contributed by atoms with Crippen LogP contribution in [0.2, 0.25) is 5.02 Å². The van der Waals surface area contributed by atoms with Crippen LogP contribution < -0.4 is 10.2 Å². The van der Waals surface area contributed by atoms with Crippen LogP contribution in [0.3, 0.4) is 0 Å². The van der Waals surface area contributed by atoms with E-state index in [-0.39, 0.29) is 30.8 Å². The third kappa shape index (κ3) is 4.77. The first-order chi connectivity index (χ1) is 16.0. The number of carbonyl (C=O) groups excluding carboxylic acids is 3. The average Bonchev–Trinajstić information content (AvgIpc) is 3.04. The summed E-state index contributed by atoms with van der Waals surface area (Å²) in [6, 6.07) is 17.7. The van der Waals surface area contributed by atoms with Crippen molar-refractivity contribution in [3.05, 3.63) is 76.8 Å². The van der Waals surface area contributed by atoms with Crippen molar-refractivity contribution < 1.29 is 14.4 Å². The van der Waals surface area contributed by atoms with Crippen molar-refractivity contribution in [2.45, 2.75) is 45.8 Å². The zero-order chi connectivity index (χ0) is 24.6. The molecular formula is C27H28ClN3O3. The Hall–Kier alpha value is -3.38. The van der Waals surface area contributed by atoms with Crippen LogP contribution in [-0.4, -0.2) is 40.7 Å². The molecule has 1 unspecified atom stereocenters. The van der Waals surface area contributed by atoms with E-state index < -0.39 is 11.6 Å². The van der Waals surface area contributed by atoms with Crippen LogP contribution in [0.5, 0.6) is 0 Å². The van der Waals surface area contributed by atoms with E-state index in [1.807, 2.05) is 63.2 Å². The number of nitrogens with zero attached hydrogens (tertiary/aromatic N) is 2. The van der Waals surface area contributed by atoms with E-state index in [0.717, 1.165) is 16.3 Å². The van der Waals surface area contributed by atoms with E-state index in [9.17, 15) is 14.4 Å². The molecule has 1 N–H and O–H groups in total. The van der Waals surface area contributed by atoms with E-state index in [4.69, 9.17) is 11.6 Å². The maximum absolute atomic E-state index is 13.6. The van der Waals surface area contributed by atoms with Gasteiger partial charge in [-0.15, -0.1) is 0 Å². The van der Waals surface area contributed by atoms with Gasteiger partial charge in [-0.3, -0.25) is 19.3 Å². The third-order valence-corrected chi connectivity index (χ3v) is 6.08. The summed E-state index contributed by atoms with van der Waals surface area (Å²) in [5.74, 6) is -0.801. The standard InChI is InChI=1S/C27H28ClN3O3/c1-17(25(33)29-27(2,3)4)30(15-18-8-5-11-20(28)14-18)23(32)16-31-22-13-7-10-19-9-6-12-21(24(19)22)26(31)34/h5-14,17H,15-16H2,1-4H3,(H,29,33). The van der Waals surface area contributed by atoms with Gasteiger partial charge < -0.3 is 10.2 Å². The van der Waals surface area contributed by atoms with E-state index in [1.165, 1.54) is 9.80 Å². The highest BCUT2D eigenvalue weighted by Gasteiger charge is 2.34. The lowest BCUT2D eigenvalue weighted by atomic mass is 10.1. The summed E-state index contributed by atoms with van der Waals surface area (Å²) >= 11 is 6.15. The van der Waals surface area contributed by atoms with Crippen molar-refractivity contribution >= 4 is 45.8 Å². The molecule has 176 valence electrons. The van der Waals surface area contributed by atoms with Gasteiger partial charge in [-0.2, -0.15) is 0 Å². The molecule has 4 rings (SSSR count). The summed E-state index contributed by atoms with van der Waals surface area (Å²) in [5, 5.41) is 5.29. The van der Waals surface area contributed by atoms with Gasteiger partial charge in [0.1, 0.15) is 12.6 Å². The summed E-state index contributed by atoms with van der Waals surface area (Å²) < 4.78 is 0. The molecule has 3 aromatic carbocycles. The highest BCUT2D eigenvalue weighted by atomic mass is 35.5. The van der Waals surface area contributed by atoms with Gasteiger partial charge in [0.25, 0.3) is 5.91 Å². The second kappa shape index (κ2) is 9.11. The second-order valence-corrected chi connectivity index (χ2v) is 10.1. The van der Waals surface area contributed by atoms with E-state index in [1.54, 1.807) is 25.1 Å². The van der Waals surface area contributed by atoms with E-state index >= 15 is 0 Å². The fourth-order valence-corrected chi connectivity index (χ4v) is 4.46. The Morgan fingerprint density at radius 1 is 1.06 bits per heavy atom. The van der Waals surface area contributed by atoms with Gasteiger partial charge in [0.15, 0.2) is 0 Å². The molecule has 34 heavy (non-hydrogen) atoms. The molecule has 0 saturated heterocycles. The van der Waals surface area contributed by atoms with E-state index in [0.29, 0.717) is 16.3 Å². The molecule has 0 radical (unpaired) electrons. The first-order valence-corrected chi connectivity index (χ1v) is 11.6. The Morgan fingerprint density at radius 2 is 1.74 bits per heavy atom. The summed E-state index contributed by atoms with van der Waals surface area (Å²) in [6.07, 6.45) is 0. The predicted molar refractivity (Wildman–Crippen MR) is 135 cm³/mol. The first-order valence-electron chi connectivity index (χ1n) is 11.2. The normalized spacial score (nSPS) is 13.8. The Morgan fingerprint density at radius 3 is 2.41 bits per heavy atom. The number of benzene rings is 3. The fourth-order valence-electron chi connectivity index (χ4n) is 4.25. The maximum Gasteiger partial charge on any atom is 0.259 e. The lowest BCUT2D eigenvalue weighted by Crippen LogP contribution is -2.54. The Kier molecular flexibility index (Phi) is 6.36. The van der Waals surface area contributed by atoms with Crippen LogP contribution in [-0.2, 0) is 16.1 Å². The van der Waals surface area contributed by atoms with Crippen LogP contribution >= 0.6 is 11.6 Å². The molecule has 1 aliphatic heterocycles. The molecule has 7 heteroatoms. The second-order valence-electron chi connectivity index (χ2n) is 9.64. The SMILES string of the molecule is CC(C(=O)NC(C)(C)C)N(Cc1cccc(Cl)c1)C(=O)CN1C(=O)c2cccc3cccc1c23. The van der Waals surface area contributed by atoms with Gasteiger partial charge in [-0.25, -0.2) is 0 Å². The summed E-state index contributed by atoms with van der Waals surface area (Å²) in [5.41, 5.74) is 1.65. The van der Waals surface area contributed by atoms with Gasteiger partial charge in [0, 0.05) is 28.1 Å². The molecular weight excluding hydrogens is 450 g/mol. The minimum absolute atomic E-state index is 0.166. The molecule has 0 saturated carbocycles. The lowest BCUT2D eigenvalue weighted by molar-refractivity contribution is -0.140. The van der Waals surface area contributed by atoms with Crippen molar-refractivity contribution in [3.8, 4) is 0 Å². The molecule has 0 bridgehead atoms. The Bertz CT molecular complexity index is 1280.